The summed E-state index contributed by atoms with van der Waals surface area (Å²) in [7, 11) is 0. The Kier molecular flexibility index (Phi) is 6.54. The van der Waals surface area contributed by atoms with Crippen LogP contribution < -0.4 is 15.0 Å². The van der Waals surface area contributed by atoms with E-state index in [0.29, 0.717) is 32.7 Å². The van der Waals surface area contributed by atoms with Crippen molar-refractivity contribution >= 4 is 11.9 Å². The van der Waals surface area contributed by atoms with Crippen LogP contribution in [0.5, 0.6) is 6.01 Å². The molecule has 0 radical (unpaired) electrons. The van der Waals surface area contributed by atoms with Crippen LogP contribution >= 0.6 is 0 Å². The fraction of sp³-hybridized carbons (Fsp3) is 0.786. The number of nitrogens with zero attached hydrogens (tertiary/aromatic N) is 4. The van der Waals surface area contributed by atoms with Crippen LogP contribution in [0.25, 0.3) is 0 Å². The van der Waals surface area contributed by atoms with Crippen LogP contribution in [0.3, 0.4) is 0 Å². The van der Waals surface area contributed by atoms with E-state index >= 15 is 0 Å². The number of aromatic nitrogens is 3. The van der Waals surface area contributed by atoms with E-state index in [4.69, 9.17) is 4.74 Å². The van der Waals surface area contributed by atoms with Gasteiger partial charge in [0.15, 0.2) is 0 Å². The molecule has 1 aliphatic heterocycles. The van der Waals surface area contributed by atoms with Crippen LogP contribution in [0, 0.1) is 0 Å². The van der Waals surface area contributed by atoms with E-state index in [0.717, 1.165) is 0 Å². The van der Waals surface area contributed by atoms with E-state index in [1.54, 1.807) is 11.8 Å². The van der Waals surface area contributed by atoms with Crippen molar-refractivity contribution in [3.05, 3.63) is 0 Å². The summed E-state index contributed by atoms with van der Waals surface area (Å²) in [5, 5.41) is 2.80. The lowest BCUT2D eigenvalue weighted by atomic mass is 10.3. The van der Waals surface area contributed by atoms with E-state index < -0.39 is 24.5 Å². The standard InChI is InChI=1S/C14H19F6N5O2/c1-3-8(2)21-10-22-11(25-4-6-26-7-5-25)24-12(23-10)27-9(13(15,16)17)14(18,19)20/h8-9H,3-7H2,1-2H3,(H,21,22,23,24). The van der Waals surface area contributed by atoms with Gasteiger partial charge in [0.05, 0.1) is 13.2 Å². The zero-order valence-electron chi connectivity index (χ0n) is 14.6. The Bertz CT molecular complexity index is 607. The number of ether oxygens (including phenoxy) is 2. The zero-order valence-corrected chi connectivity index (χ0v) is 14.6. The molecule has 0 saturated carbocycles. The van der Waals surface area contributed by atoms with Gasteiger partial charge in [-0.1, -0.05) is 6.92 Å². The van der Waals surface area contributed by atoms with Crippen molar-refractivity contribution in [2.45, 2.75) is 44.8 Å². The van der Waals surface area contributed by atoms with Crippen molar-refractivity contribution in [1.82, 2.24) is 15.0 Å². The molecule has 13 heteroatoms. The summed E-state index contributed by atoms with van der Waals surface area (Å²) in [4.78, 5) is 12.8. The molecule has 27 heavy (non-hydrogen) atoms. The molecule has 7 nitrogen and oxygen atoms in total. The molecular weight excluding hydrogens is 384 g/mol. The predicted octanol–water partition coefficient (Wildman–Crippen LogP) is 2.79. The number of anilines is 2. The molecule has 1 aromatic heterocycles. The van der Waals surface area contributed by atoms with Gasteiger partial charge in [-0.05, 0) is 13.3 Å². The Balaban J connectivity index is 2.36. The van der Waals surface area contributed by atoms with Crippen LogP contribution in [0.15, 0.2) is 0 Å². The molecule has 1 N–H and O–H groups in total. The molecule has 154 valence electrons. The molecule has 1 unspecified atom stereocenters. The highest BCUT2D eigenvalue weighted by atomic mass is 19.4. The summed E-state index contributed by atoms with van der Waals surface area (Å²) in [5.41, 5.74) is 0. The van der Waals surface area contributed by atoms with Gasteiger partial charge in [-0.3, -0.25) is 0 Å². The number of hydrogen-bond acceptors (Lipinski definition) is 7. The lowest BCUT2D eigenvalue weighted by Gasteiger charge is -2.28. The molecule has 0 amide bonds. The van der Waals surface area contributed by atoms with E-state index in [9.17, 15) is 26.3 Å². The SMILES string of the molecule is CCC(C)Nc1nc(OC(C(F)(F)F)C(F)(F)F)nc(N2CCOCC2)n1. The van der Waals surface area contributed by atoms with E-state index in [1.807, 2.05) is 6.92 Å². The summed E-state index contributed by atoms with van der Waals surface area (Å²) in [6.45, 7) is 4.89. The van der Waals surface area contributed by atoms with Crippen LogP contribution in [-0.4, -0.2) is 65.8 Å². The third kappa shape index (κ3) is 5.97. The summed E-state index contributed by atoms with van der Waals surface area (Å²) >= 11 is 0. The molecule has 1 fully saturated rings. The second-order valence-corrected chi connectivity index (χ2v) is 5.88. The second-order valence-electron chi connectivity index (χ2n) is 5.88. The van der Waals surface area contributed by atoms with Gasteiger partial charge in [-0.25, -0.2) is 0 Å². The topological polar surface area (TPSA) is 72.4 Å². The molecule has 1 atom stereocenters. The summed E-state index contributed by atoms with van der Waals surface area (Å²) < 4.78 is 85.9. The Labute approximate surface area is 151 Å². The lowest BCUT2D eigenvalue weighted by Crippen LogP contribution is -2.47. The first kappa shape index (κ1) is 21.3. The first-order chi connectivity index (χ1) is 12.5. The monoisotopic (exact) mass is 403 g/mol. The lowest BCUT2D eigenvalue weighted by molar-refractivity contribution is -0.301. The maximum absolute atomic E-state index is 12.8. The summed E-state index contributed by atoms with van der Waals surface area (Å²) in [6.07, 6.45) is -14.8. The highest BCUT2D eigenvalue weighted by Crippen LogP contribution is 2.36. The van der Waals surface area contributed by atoms with Gasteiger partial charge in [0.25, 0.3) is 6.10 Å². The van der Waals surface area contributed by atoms with E-state index in [-0.39, 0.29) is 17.9 Å². The van der Waals surface area contributed by atoms with Crippen molar-refractivity contribution in [2.75, 3.05) is 36.5 Å². The molecular formula is C14H19F6N5O2. The number of hydrogen-bond donors (Lipinski definition) is 1. The largest absolute Gasteiger partial charge is 0.440 e. The van der Waals surface area contributed by atoms with Gasteiger partial charge in [0.2, 0.25) is 11.9 Å². The molecule has 1 aromatic rings. The number of rotatable bonds is 6. The maximum Gasteiger partial charge on any atom is 0.434 e. The zero-order chi connectivity index (χ0) is 20.2. The first-order valence-electron chi connectivity index (χ1n) is 8.16. The Hall–Kier alpha value is -2.05. The van der Waals surface area contributed by atoms with Crippen molar-refractivity contribution in [3.63, 3.8) is 0 Å². The van der Waals surface area contributed by atoms with E-state index in [1.165, 1.54) is 0 Å². The van der Waals surface area contributed by atoms with Gasteiger partial charge in [0, 0.05) is 19.1 Å². The van der Waals surface area contributed by atoms with Gasteiger partial charge in [-0.2, -0.15) is 41.3 Å². The molecule has 0 aromatic carbocycles. The minimum absolute atomic E-state index is 0.0859. The predicted molar refractivity (Wildman–Crippen MR) is 82.8 cm³/mol. The van der Waals surface area contributed by atoms with Crippen LogP contribution in [0.4, 0.5) is 38.2 Å². The average Bonchev–Trinajstić information content (AvgIpc) is 2.58. The van der Waals surface area contributed by atoms with Crippen molar-refractivity contribution in [3.8, 4) is 6.01 Å². The smallest absolute Gasteiger partial charge is 0.434 e. The third-order valence-corrected chi connectivity index (χ3v) is 3.70. The molecule has 0 bridgehead atoms. The van der Waals surface area contributed by atoms with E-state index in [2.05, 4.69) is 25.0 Å². The van der Waals surface area contributed by atoms with Gasteiger partial charge >= 0.3 is 18.4 Å². The highest BCUT2D eigenvalue weighted by Gasteiger charge is 2.59. The quantitative estimate of drug-likeness (QED) is 0.733. The fourth-order valence-corrected chi connectivity index (χ4v) is 2.11. The number of alkyl halides is 6. The summed E-state index contributed by atoms with van der Waals surface area (Å²) in [5.74, 6) is -0.254. The molecule has 2 heterocycles. The molecule has 1 saturated heterocycles. The van der Waals surface area contributed by atoms with Gasteiger partial charge in [-0.15, -0.1) is 0 Å². The average molecular weight is 403 g/mol. The number of halogens is 6. The Morgan fingerprint density at radius 3 is 2.19 bits per heavy atom. The van der Waals surface area contributed by atoms with Gasteiger partial charge < -0.3 is 19.7 Å². The normalized spacial score (nSPS) is 17.1. The van der Waals surface area contributed by atoms with Crippen LogP contribution in [-0.2, 0) is 4.74 Å². The number of nitrogens with one attached hydrogen (secondary N) is 1. The van der Waals surface area contributed by atoms with Crippen molar-refractivity contribution in [2.24, 2.45) is 0 Å². The number of morpholine rings is 1. The Morgan fingerprint density at radius 2 is 1.67 bits per heavy atom. The van der Waals surface area contributed by atoms with Crippen LogP contribution in [0.2, 0.25) is 0 Å². The highest BCUT2D eigenvalue weighted by molar-refractivity contribution is 5.39. The second kappa shape index (κ2) is 8.31. The van der Waals surface area contributed by atoms with Gasteiger partial charge in [0.1, 0.15) is 0 Å². The first-order valence-corrected chi connectivity index (χ1v) is 8.16. The Morgan fingerprint density at radius 1 is 1.07 bits per heavy atom. The maximum atomic E-state index is 12.8. The molecule has 0 spiro atoms. The minimum Gasteiger partial charge on any atom is -0.440 e. The fourth-order valence-electron chi connectivity index (χ4n) is 2.11. The third-order valence-electron chi connectivity index (χ3n) is 3.70. The van der Waals surface area contributed by atoms with Crippen LogP contribution in [0.1, 0.15) is 20.3 Å². The molecule has 0 aliphatic carbocycles. The molecule has 2 rings (SSSR count). The minimum atomic E-state index is -5.67. The summed E-state index contributed by atoms with van der Waals surface area (Å²) in [6, 6.07) is -1.23. The van der Waals surface area contributed by atoms with Crippen molar-refractivity contribution in [1.29, 1.82) is 0 Å². The molecule has 1 aliphatic rings. The van der Waals surface area contributed by atoms with Crippen molar-refractivity contribution < 1.29 is 35.8 Å².